The summed E-state index contributed by atoms with van der Waals surface area (Å²) in [6, 6.07) is 2.37. The zero-order chi connectivity index (χ0) is 26.7. The largest absolute Gasteiger partial charge is 0.316 e. The maximum absolute atomic E-state index is 13.0. The molecule has 0 saturated carbocycles. The average Bonchev–Trinajstić information content (AvgIpc) is 3.56. The van der Waals surface area contributed by atoms with Gasteiger partial charge in [-0.25, -0.2) is 0 Å². The van der Waals surface area contributed by atoms with Gasteiger partial charge < -0.3 is 9.88 Å². The van der Waals surface area contributed by atoms with E-state index in [4.69, 9.17) is 0 Å². The molecular formula is C28H37N5OS3. The molecule has 1 aliphatic rings. The van der Waals surface area contributed by atoms with Crippen LogP contribution in [0.5, 0.6) is 0 Å². The topological polar surface area (TPSA) is 83.6 Å². The highest BCUT2D eigenvalue weighted by Crippen LogP contribution is 2.45. The van der Waals surface area contributed by atoms with Crippen LogP contribution in [0.4, 0.5) is 5.00 Å². The molecule has 0 saturated heterocycles. The van der Waals surface area contributed by atoms with Crippen LogP contribution in [-0.4, -0.2) is 26.4 Å². The zero-order valence-electron chi connectivity index (χ0n) is 22.7. The number of anilines is 1. The van der Waals surface area contributed by atoms with Gasteiger partial charge in [-0.3, -0.25) is 4.79 Å². The number of thiophene rings is 2. The number of carbonyl (C=O) groups is 1. The second-order valence-electron chi connectivity index (χ2n) is 10.4. The van der Waals surface area contributed by atoms with E-state index in [1.807, 2.05) is 0 Å². The fourth-order valence-corrected chi connectivity index (χ4v) is 8.16. The van der Waals surface area contributed by atoms with E-state index in [1.165, 1.54) is 27.1 Å². The summed E-state index contributed by atoms with van der Waals surface area (Å²) >= 11 is 4.74. The Kier molecular flexibility index (Phi) is 8.82. The van der Waals surface area contributed by atoms with Crippen molar-refractivity contribution in [2.75, 3.05) is 11.1 Å². The Morgan fingerprint density at radius 2 is 2.11 bits per heavy atom. The van der Waals surface area contributed by atoms with E-state index in [0.717, 1.165) is 67.2 Å². The van der Waals surface area contributed by atoms with Crippen LogP contribution in [0.25, 0.3) is 11.4 Å². The zero-order valence-corrected chi connectivity index (χ0v) is 25.2. The highest BCUT2D eigenvalue weighted by Gasteiger charge is 2.34. The lowest BCUT2D eigenvalue weighted by atomic mass is 9.69. The average molecular weight is 556 g/mol. The van der Waals surface area contributed by atoms with Gasteiger partial charge in [0.25, 0.3) is 0 Å². The quantitative estimate of drug-likeness (QED) is 0.262. The predicted octanol–water partition coefficient (Wildman–Crippen LogP) is 7.49. The van der Waals surface area contributed by atoms with E-state index < -0.39 is 0 Å². The van der Waals surface area contributed by atoms with Gasteiger partial charge in [0.15, 0.2) is 11.0 Å². The van der Waals surface area contributed by atoms with Crippen molar-refractivity contribution < 1.29 is 4.79 Å². The minimum Gasteiger partial charge on any atom is -0.316 e. The molecule has 0 aromatic carbocycles. The molecule has 1 atom stereocenters. The summed E-state index contributed by atoms with van der Waals surface area (Å²) in [6.45, 7) is 14.2. The van der Waals surface area contributed by atoms with Crippen LogP contribution in [0, 0.1) is 29.6 Å². The van der Waals surface area contributed by atoms with Crippen LogP contribution in [-0.2, 0) is 30.6 Å². The predicted molar refractivity (Wildman–Crippen MR) is 156 cm³/mol. The summed E-state index contributed by atoms with van der Waals surface area (Å²) in [5.74, 6) is 1.60. The fraction of sp³-hybridized carbons (Fsp3) is 0.571. The number of hydrogen-bond donors (Lipinski definition) is 1. The van der Waals surface area contributed by atoms with Gasteiger partial charge in [-0.15, -0.1) is 32.9 Å². The third kappa shape index (κ3) is 5.67. The third-order valence-corrected chi connectivity index (χ3v) is 10.9. The van der Waals surface area contributed by atoms with E-state index in [2.05, 4.69) is 73.1 Å². The summed E-state index contributed by atoms with van der Waals surface area (Å²) in [6.07, 6.45) is 6.06. The van der Waals surface area contributed by atoms with Crippen molar-refractivity contribution in [2.45, 2.75) is 91.8 Å². The molecule has 0 spiro atoms. The molecule has 0 radical (unpaired) electrons. The molecule has 1 aliphatic carbocycles. The number of aryl methyl sites for hydroxylation is 1. The summed E-state index contributed by atoms with van der Waals surface area (Å²) in [7, 11) is 0. The van der Waals surface area contributed by atoms with Crippen molar-refractivity contribution in [3.05, 3.63) is 31.8 Å². The van der Waals surface area contributed by atoms with Gasteiger partial charge in [-0.05, 0) is 61.5 Å². The summed E-state index contributed by atoms with van der Waals surface area (Å²) in [5, 5.41) is 25.5. The van der Waals surface area contributed by atoms with Gasteiger partial charge in [-0.2, -0.15) is 5.26 Å². The minimum absolute atomic E-state index is 0.112. The molecule has 37 heavy (non-hydrogen) atoms. The Morgan fingerprint density at radius 1 is 1.32 bits per heavy atom. The molecule has 4 rings (SSSR count). The Balaban J connectivity index is 1.48. The molecule has 9 heteroatoms. The van der Waals surface area contributed by atoms with E-state index in [-0.39, 0.29) is 17.1 Å². The van der Waals surface area contributed by atoms with Crippen LogP contribution in [0.1, 0.15) is 80.3 Å². The van der Waals surface area contributed by atoms with Gasteiger partial charge in [0.1, 0.15) is 11.1 Å². The highest BCUT2D eigenvalue weighted by molar-refractivity contribution is 7.99. The molecule has 0 fully saturated rings. The third-order valence-electron chi connectivity index (χ3n) is 7.84. The SMILES string of the molecule is CCCn1c(SCC(=O)Nc2sc3c(c2C#N)CCC(C(C)(C)CC)C3)nnc1-c1csc(C)c1CC. The first-order valence-corrected chi connectivity index (χ1v) is 15.9. The van der Waals surface area contributed by atoms with Gasteiger partial charge in [0.2, 0.25) is 5.91 Å². The molecule has 0 aliphatic heterocycles. The molecule has 6 nitrogen and oxygen atoms in total. The van der Waals surface area contributed by atoms with Crippen LogP contribution in [0.15, 0.2) is 10.5 Å². The van der Waals surface area contributed by atoms with Gasteiger partial charge in [0.05, 0.1) is 11.3 Å². The molecular weight excluding hydrogens is 519 g/mol. The summed E-state index contributed by atoms with van der Waals surface area (Å²) in [4.78, 5) is 15.6. The van der Waals surface area contributed by atoms with E-state index in [0.29, 0.717) is 16.5 Å². The number of fused-ring (bicyclic) bond motifs is 1. The normalized spacial score (nSPS) is 15.4. The van der Waals surface area contributed by atoms with Gasteiger partial charge in [-0.1, -0.05) is 52.8 Å². The smallest absolute Gasteiger partial charge is 0.235 e. The fourth-order valence-electron chi connectivity index (χ4n) is 5.17. The number of thioether (sulfide) groups is 1. The van der Waals surface area contributed by atoms with Crippen LogP contribution >= 0.6 is 34.4 Å². The first-order chi connectivity index (χ1) is 17.7. The Bertz CT molecular complexity index is 1310. The van der Waals surface area contributed by atoms with E-state index >= 15 is 0 Å². The molecule has 0 bridgehead atoms. The number of nitriles is 1. The van der Waals surface area contributed by atoms with Gasteiger partial charge >= 0.3 is 0 Å². The highest BCUT2D eigenvalue weighted by atomic mass is 32.2. The molecule has 3 aromatic heterocycles. The molecule has 1 unspecified atom stereocenters. The molecule has 1 N–H and O–H groups in total. The van der Waals surface area contributed by atoms with Crippen molar-refractivity contribution in [3.63, 3.8) is 0 Å². The number of hydrogen-bond acceptors (Lipinski definition) is 7. The summed E-state index contributed by atoms with van der Waals surface area (Å²) in [5.41, 5.74) is 4.54. The first kappa shape index (κ1) is 27.9. The molecule has 1 amide bonds. The maximum Gasteiger partial charge on any atom is 0.235 e. The second-order valence-corrected chi connectivity index (χ2v) is 13.6. The Labute approximate surface area is 232 Å². The number of nitrogens with one attached hydrogen (secondary N) is 1. The molecule has 198 valence electrons. The maximum atomic E-state index is 13.0. The summed E-state index contributed by atoms with van der Waals surface area (Å²) < 4.78 is 2.14. The Morgan fingerprint density at radius 3 is 2.78 bits per heavy atom. The van der Waals surface area contributed by atoms with Crippen molar-refractivity contribution >= 4 is 45.3 Å². The number of rotatable bonds is 10. The van der Waals surface area contributed by atoms with Crippen molar-refractivity contribution in [3.8, 4) is 17.5 Å². The number of aromatic nitrogens is 3. The lowest BCUT2D eigenvalue weighted by Crippen LogP contribution is -2.28. The van der Waals surface area contributed by atoms with E-state index in [9.17, 15) is 10.1 Å². The number of carbonyl (C=O) groups excluding carboxylic acids is 1. The second kappa shape index (κ2) is 11.7. The van der Waals surface area contributed by atoms with Crippen LogP contribution < -0.4 is 5.32 Å². The number of amides is 1. The standard InChI is InChI=1S/C28H37N5OS3/c1-7-12-33-25(22-15-35-17(4)19(22)8-2)31-32-27(33)36-16-24(34)30-26-21(14-29)20-11-10-18(13-23(20)37-26)28(5,6)9-3/h15,18H,7-13,16H2,1-6H3,(H,30,34). The van der Waals surface area contributed by atoms with Crippen molar-refractivity contribution in [1.82, 2.24) is 14.8 Å². The van der Waals surface area contributed by atoms with Gasteiger partial charge in [0, 0.05) is 27.2 Å². The minimum atomic E-state index is -0.112. The first-order valence-electron chi connectivity index (χ1n) is 13.2. The monoisotopic (exact) mass is 555 g/mol. The lowest BCUT2D eigenvalue weighted by Gasteiger charge is -2.36. The Hall–Kier alpha value is -2.15. The molecule has 3 heterocycles. The number of nitrogens with zero attached hydrogens (tertiary/aromatic N) is 4. The van der Waals surface area contributed by atoms with Crippen molar-refractivity contribution in [2.24, 2.45) is 11.3 Å². The van der Waals surface area contributed by atoms with Crippen LogP contribution in [0.2, 0.25) is 0 Å². The molecule has 3 aromatic rings. The van der Waals surface area contributed by atoms with Crippen molar-refractivity contribution in [1.29, 1.82) is 5.26 Å². The van der Waals surface area contributed by atoms with Crippen LogP contribution in [0.3, 0.4) is 0 Å². The van der Waals surface area contributed by atoms with E-state index in [1.54, 1.807) is 22.7 Å². The lowest BCUT2D eigenvalue weighted by molar-refractivity contribution is -0.113.